The molecule has 0 aliphatic heterocycles. The van der Waals surface area contributed by atoms with Gasteiger partial charge in [0.25, 0.3) is 0 Å². The third-order valence-electron chi connectivity index (χ3n) is 1.60. The molecule has 0 saturated heterocycles. The number of hydrogen-bond donors (Lipinski definition) is 2. The Kier molecular flexibility index (Phi) is 5.23. The highest BCUT2D eigenvalue weighted by Gasteiger charge is 2.25. The standard InChI is InChI=1S/C7H13NO6S/c1-3-15(12,13)8-5(7(10)11)4-6(9)14-2/h5,8H,3-4H2,1-2H3,(H,10,11)/t5-/m0/s1. The molecule has 1 atom stereocenters. The number of carbonyl (C=O) groups excluding carboxylic acids is 1. The molecule has 0 spiro atoms. The summed E-state index contributed by atoms with van der Waals surface area (Å²) in [6, 6.07) is -1.48. The van der Waals surface area contributed by atoms with Crippen molar-refractivity contribution in [3.05, 3.63) is 0 Å². The molecular weight excluding hydrogens is 226 g/mol. The number of carbonyl (C=O) groups is 2. The maximum Gasteiger partial charge on any atom is 0.322 e. The normalized spacial score (nSPS) is 13.2. The third-order valence-corrected chi connectivity index (χ3v) is 3.00. The summed E-state index contributed by atoms with van der Waals surface area (Å²) in [5.41, 5.74) is 0. The minimum atomic E-state index is -3.66. The fourth-order valence-electron chi connectivity index (χ4n) is 0.729. The van der Waals surface area contributed by atoms with Crippen molar-refractivity contribution in [2.75, 3.05) is 12.9 Å². The van der Waals surface area contributed by atoms with Crippen LogP contribution in [0.15, 0.2) is 0 Å². The van der Waals surface area contributed by atoms with Crippen molar-refractivity contribution in [3.63, 3.8) is 0 Å². The number of sulfonamides is 1. The highest BCUT2D eigenvalue weighted by molar-refractivity contribution is 7.89. The second-order valence-corrected chi connectivity index (χ2v) is 4.73. The Hall–Kier alpha value is -1.15. The van der Waals surface area contributed by atoms with Gasteiger partial charge in [0.1, 0.15) is 6.04 Å². The van der Waals surface area contributed by atoms with Crippen molar-refractivity contribution >= 4 is 22.0 Å². The fraction of sp³-hybridized carbons (Fsp3) is 0.714. The van der Waals surface area contributed by atoms with Gasteiger partial charge in [-0.15, -0.1) is 0 Å². The van der Waals surface area contributed by atoms with E-state index in [4.69, 9.17) is 5.11 Å². The number of aliphatic carboxylic acids is 1. The smallest absolute Gasteiger partial charge is 0.322 e. The van der Waals surface area contributed by atoms with E-state index in [1.165, 1.54) is 6.92 Å². The van der Waals surface area contributed by atoms with Crippen LogP contribution in [0.1, 0.15) is 13.3 Å². The minimum absolute atomic E-state index is 0.252. The number of carboxylic acid groups (broad SMARTS) is 1. The summed E-state index contributed by atoms with van der Waals surface area (Å²) in [5.74, 6) is -2.46. The number of esters is 1. The number of methoxy groups -OCH3 is 1. The first kappa shape index (κ1) is 13.8. The summed E-state index contributed by atoms with van der Waals surface area (Å²) >= 11 is 0. The maximum atomic E-state index is 11.1. The second-order valence-electron chi connectivity index (χ2n) is 2.69. The van der Waals surface area contributed by atoms with E-state index in [2.05, 4.69) is 4.74 Å². The third kappa shape index (κ3) is 5.33. The molecule has 0 bridgehead atoms. The van der Waals surface area contributed by atoms with Gasteiger partial charge in [-0.25, -0.2) is 13.1 Å². The van der Waals surface area contributed by atoms with Crippen LogP contribution in [0.4, 0.5) is 0 Å². The molecule has 0 fully saturated rings. The van der Waals surface area contributed by atoms with Crippen molar-refractivity contribution in [3.8, 4) is 0 Å². The number of ether oxygens (including phenoxy) is 1. The van der Waals surface area contributed by atoms with Crippen LogP contribution in [0.3, 0.4) is 0 Å². The van der Waals surface area contributed by atoms with Gasteiger partial charge in [-0.1, -0.05) is 0 Å². The molecule has 0 saturated carbocycles. The van der Waals surface area contributed by atoms with Crippen LogP contribution in [0.25, 0.3) is 0 Å². The molecule has 2 N–H and O–H groups in total. The number of carboxylic acids is 1. The Bertz CT molecular complexity index is 335. The van der Waals surface area contributed by atoms with E-state index in [9.17, 15) is 18.0 Å². The van der Waals surface area contributed by atoms with Gasteiger partial charge in [0, 0.05) is 0 Å². The van der Waals surface area contributed by atoms with Crippen LogP contribution in [0, 0.1) is 0 Å². The molecule has 0 aromatic heterocycles. The van der Waals surface area contributed by atoms with Crippen LogP contribution in [-0.4, -0.2) is 44.4 Å². The highest BCUT2D eigenvalue weighted by Crippen LogP contribution is 1.98. The molecule has 0 aliphatic carbocycles. The van der Waals surface area contributed by atoms with E-state index in [-0.39, 0.29) is 5.75 Å². The molecule has 15 heavy (non-hydrogen) atoms. The van der Waals surface area contributed by atoms with E-state index in [1.807, 2.05) is 4.72 Å². The first-order chi connectivity index (χ1) is 6.82. The Morgan fingerprint density at radius 1 is 1.47 bits per heavy atom. The van der Waals surface area contributed by atoms with E-state index in [1.54, 1.807) is 0 Å². The summed E-state index contributed by atoms with van der Waals surface area (Å²) in [5, 5.41) is 8.64. The van der Waals surface area contributed by atoms with Gasteiger partial charge in [0.2, 0.25) is 10.0 Å². The van der Waals surface area contributed by atoms with Crippen molar-refractivity contribution in [2.45, 2.75) is 19.4 Å². The van der Waals surface area contributed by atoms with Crippen molar-refractivity contribution in [1.29, 1.82) is 0 Å². The average Bonchev–Trinajstić information content (AvgIpc) is 2.16. The lowest BCUT2D eigenvalue weighted by Gasteiger charge is -2.12. The zero-order valence-electron chi connectivity index (χ0n) is 8.39. The first-order valence-corrected chi connectivity index (χ1v) is 5.77. The van der Waals surface area contributed by atoms with Gasteiger partial charge >= 0.3 is 11.9 Å². The quantitative estimate of drug-likeness (QED) is 0.572. The fourth-order valence-corrected chi connectivity index (χ4v) is 1.51. The number of hydrogen-bond acceptors (Lipinski definition) is 5. The molecular formula is C7H13NO6S. The molecule has 8 heteroatoms. The number of nitrogens with one attached hydrogen (secondary N) is 1. The predicted molar refractivity (Wildman–Crippen MR) is 50.7 cm³/mol. The lowest BCUT2D eigenvalue weighted by atomic mass is 10.2. The highest BCUT2D eigenvalue weighted by atomic mass is 32.2. The SMILES string of the molecule is CCS(=O)(=O)N[C@@H](CC(=O)OC)C(=O)O. The summed E-state index contributed by atoms with van der Waals surface area (Å²) in [7, 11) is -2.56. The Morgan fingerprint density at radius 3 is 2.33 bits per heavy atom. The van der Waals surface area contributed by atoms with Gasteiger partial charge in [-0.2, -0.15) is 0 Å². The second kappa shape index (κ2) is 5.66. The van der Waals surface area contributed by atoms with E-state index < -0.39 is 34.4 Å². The Balaban J connectivity index is 4.56. The molecule has 0 radical (unpaired) electrons. The molecule has 0 amide bonds. The molecule has 0 aliphatic rings. The van der Waals surface area contributed by atoms with E-state index in [0.717, 1.165) is 7.11 Å². The van der Waals surface area contributed by atoms with Crippen LogP contribution >= 0.6 is 0 Å². The largest absolute Gasteiger partial charge is 0.480 e. The van der Waals surface area contributed by atoms with Crippen LogP contribution in [-0.2, 0) is 24.3 Å². The molecule has 0 heterocycles. The summed E-state index contributed by atoms with van der Waals surface area (Å²) in [4.78, 5) is 21.4. The summed E-state index contributed by atoms with van der Waals surface area (Å²) < 4.78 is 28.2. The minimum Gasteiger partial charge on any atom is -0.480 e. The van der Waals surface area contributed by atoms with Gasteiger partial charge in [-0.3, -0.25) is 9.59 Å². The lowest BCUT2D eigenvalue weighted by Crippen LogP contribution is -2.42. The van der Waals surface area contributed by atoms with Crippen molar-refractivity contribution in [1.82, 2.24) is 4.72 Å². The molecule has 88 valence electrons. The average molecular weight is 239 g/mol. The van der Waals surface area contributed by atoms with Gasteiger partial charge < -0.3 is 9.84 Å². The van der Waals surface area contributed by atoms with Crippen LogP contribution < -0.4 is 4.72 Å². The van der Waals surface area contributed by atoms with Gasteiger partial charge in [-0.05, 0) is 6.92 Å². The first-order valence-electron chi connectivity index (χ1n) is 4.12. The van der Waals surface area contributed by atoms with Crippen LogP contribution in [0.5, 0.6) is 0 Å². The zero-order chi connectivity index (χ0) is 12.1. The lowest BCUT2D eigenvalue weighted by molar-refractivity contribution is -0.147. The molecule has 0 unspecified atom stereocenters. The van der Waals surface area contributed by atoms with Crippen LogP contribution in [0.2, 0.25) is 0 Å². The Labute approximate surface area is 87.5 Å². The van der Waals surface area contributed by atoms with Gasteiger partial charge in [0.05, 0.1) is 19.3 Å². The van der Waals surface area contributed by atoms with Gasteiger partial charge in [0.15, 0.2) is 0 Å². The molecule has 7 nitrogen and oxygen atoms in total. The van der Waals surface area contributed by atoms with E-state index in [0.29, 0.717) is 0 Å². The topological polar surface area (TPSA) is 110 Å². The maximum absolute atomic E-state index is 11.1. The Morgan fingerprint density at radius 2 is 2.00 bits per heavy atom. The monoisotopic (exact) mass is 239 g/mol. The predicted octanol–water partition coefficient (Wildman–Crippen LogP) is -1.06. The van der Waals surface area contributed by atoms with Crippen molar-refractivity contribution < 1.29 is 27.9 Å². The summed E-state index contributed by atoms with van der Waals surface area (Å²) in [6.07, 6.45) is -0.537. The molecule has 0 aromatic carbocycles. The molecule has 0 aromatic rings. The van der Waals surface area contributed by atoms with Crippen molar-refractivity contribution in [2.24, 2.45) is 0 Å². The zero-order valence-corrected chi connectivity index (χ0v) is 9.20. The molecule has 0 rings (SSSR count). The summed E-state index contributed by atoms with van der Waals surface area (Å²) in [6.45, 7) is 1.36. The van der Waals surface area contributed by atoms with E-state index >= 15 is 0 Å². The number of rotatable bonds is 6.